The van der Waals surface area contributed by atoms with Crippen LogP contribution >= 0.6 is 22.9 Å². The summed E-state index contributed by atoms with van der Waals surface area (Å²) < 4.78 is 0. The Morgan fingerprint density at radius 3 is 3.24 bits per heavy atom. The fourth-order valence-electron chi connectivity index (χ4n) is 2.63. The third-order valence-electron chi connectivity index (χ3n) is 3.62. The van der Waals surface area contributed by atoms with E-state index >= 15 is 0 Å². The third kappa shape index (κ3) is 3.64. The lowest BCUT2D eigenvalue weighted by atomic mass is 10.0. The van der Waals surface area contributed by atoms with Crippen LogP contribution in [0.2, 0.25) is 5.02 Å². The number of benzene rings is 1. The van der Waals surface area contributed by atoms with Crippen molar-refractivity contribution in [3.63, 3.8) is 0 Å². The predicted octanol–water partition coefficient (Wildman–Crippen LogP) is 3.71. The molecule has 1 aliphatic heterocycles. The lowest BCUT2D eigenvalue weighted by Gasteiger charge is -2.11. The summed E-state index contributed by atoms with van der Waals surface area (Å²) in [5.74, 6) is 0.452. The van der Waals surface area contributed by atoms with Gasteiger partial charge >= 0.3 is 0 Å². The van der Waals surface area contributed by atoms with E-state index in [9.17, 15) is 0 Å². The van der Waals surface area contributed by atoms with Gasteiger partial charge < -0.3 is 11.1 Å². The van der Waals surface area contributed by atoms with Crippen LogP contribution in [0.3, 0.4) is 0 Å². The minimum Gasteiger partial charge on any atom is -0.375 e. The molecule has 21 heavy (non-hydrogen) atoms. The Balaban J connectivity index is 1.72. The normalized spacial score (nSPS) is 18.6. The number of nitrogens with zero attached hydrogens (tertiary/aromatic N) is 1. The van der Waals surface area contributed by atoms with Crippen molar-refractivity contribution in [3.8, 4) is 0 Å². The summed E-state index contributed by atoms with van der Waals surface area (Å²) in [5, 5.41) is 4.93. The lowest BCUT2D eigenvalue weighted by molar-refractivity contribution is 0.619. The molecule has 3 rings (SSSR count). The van der Waals surface area contributed by atoms with Gasteiger partial charge in [-0.1, -0.05) is 35.9 Å². The zero-order chi connectivity index (χ0) is 14.7. The van der Waals surface area contributed by atoms with E-state index in [0.717, 1.165) is 36.5 Å². The van der Waals surface area contributed by atoms with Crippen molar-refractivity contribution in [2.45, 2.75) is 18.8 Å². The molecule has 1 atom stereocenters. The van der Waals surface area contributed by atoms with E-state index in [2.05, 4.69) is 28.5 Å². The fraction of sp³-hybridized carbons (Fsp3) is 0.312. The summed E-state index contributed by atoms with van der Waals surface area (Å²) in [6.45, 7) is 1.96. The Hall–Kier alpha value is -1.36. The van der Waals surface area contributed by atoms with E-state index in [4.69, 9.17) is 17.3 Å². The van der Waals surface area contributed by atoms with Crippen molar-refractivity contribution in [2.24, 2.45) is 0 Å². The van der Waals surface area contributed by atoms with Crippen LogP contribution in [0.1, 0.15) is 28.5 Å². The standard InChI is InChI=1S/C16H18ClN3S/c17-13-6-2-4-11(9-13)3-1-5-12-10-19-8-7-14-15(12)21-16(18)20-14/h1-4,6,9,12,19H,5,7-8,10H2,(H2,18,20). The summed E-state index contributed by atoms with van der Waals surface area (Å²) in [6, 6.07) is 7.89. The van der Waals surface area contributed by atoms with Crippen LogP contribution in [-0.4, -0.2) is 18.1 Å². The Morgan fingerprint density at radius 1 is 1.48 bits per heavy atom. The van der Waals surface area contributed by atoms with Crippen molar-refractivity contribution in [3.05, 3.63) is 51.5 Å². The molecule has 1 aliphatic rings. The summed E-state index contributed by atoms with van der Waals surface area (Å²) in [4.78, 5) is 5.80. The van der Waals surface area contributed by atoms with Gasteiger partial charge in [-0.25, -0.2) is 4.98 Å². The van der Waals surface area contributed by atoms with Gasteiger partial charge in [0.1, 0.15) is 0 Å². The first-order valence-electron chi connectivity index (χ1n) is 7.10. The van der Waals surface area contributed by atoms with Crippen LogP contribution in [0.15, 0.2) is 30.3 Å². The molecular formula is C16H18ClN3S. The highest BCUT2D eigenvalue weighted by Crippen LogP contribution is 2.32. The fourth-order valence-corrected chi connectivity index (χ4v) is 3.82. The number of nitrogen functional groups attached to an aromatic ring is 1. The molecule has 0 saturated carbocycles. The molecule has 0 fully saturated rings. The maximum atomic E-state index is 6.00. The van der Waals surface area contributed by atoms with Gasteiger partial charge in [0.2, 0.25) is 0 Å². The first kappa shape index (κ1) is 14.6. The number of allylic oxidation sites excluding steroid dienone is 1. The highest BCUT2D eigenvalue weighted by molar-refractivity contribution is 7.15. The summed E-state index contributed by atoms with van der Waals surface area (Å²) in [6.07, 6.45) is 6.29. The van der Waals surface area contributed by atoms with Gasteiger partial charge in [-0.15, -0.1) is 11.3 Å². The van der Waals surface area contributed by atoms with Gasteiger partial charge in [-0.3, -0.25) is 0 Å². The molecule has 0 amide bonds. The van der Waals surface area contributed by atoms with E-state index in [0.29, 0.717) is 11.0 Å². The number of fused-ring (bicyclic) bond motifs is 1. The molecule has 1 aromatic heterocycles. The molecule has 0 aliphatic carbocycles. The smallest absolute Gasteiger partial charge is 0.180 e. The number of rotatable bonds is 3. The first-order valence-corrected chi connectivity index (χ1v) is 8.30. The summed E-state index contributed by atoms with van der Waals surface area (Å²) >= 11 is 7.63. The average molecular weight is 320 g/mol. The van der Waals surface area contributed by atoms with Gasteiger partial charge in [0.25, 0.3) is 0 Å². The second-order valence-corrected chi connectivity index (χ2v) is 6.71. The minimum absolute atomic E-state index is 0.452. The van der Waals surface area contributed by atoms with Crippen molar-refractivity contribution < 1.29 is 0 Å². The number of anilines is 1. The van der Waals surface area contributed by atoms with E-state index < -0.39 is 0 Å². The summed E-state index contributed by atoms with van der Waals surface area (Å²) in [5.41, 5.74) is 8.16. The van der Waals surface area contributed by atoms with Gasteiger partial charge in [0.15, 0.2) is 5.13 Å². The molecular weight excluding hydrogens is 302 g/mol. The van der Waals surface area contributed by atoms with Crippen LogP contribution in [0, 0.1) is 0 Å². The zero-order valence-electron chi connectivity index (χ0n) is 11.7. The van der Waals surface area contributed by atoms with Gasteiger partial charge in [0, 0.05) is 35.3 Å². The molecule has 0 spiro atoms. The molecule has 110 valence electrons. The molecule has 2 heterocycles. The van der Waals surface area contributed by atoms with Crippen molar-refractivity contribution in [1.29, 1.82) is 0 Å². The monoisotopic (exact) mass is 319 g/mol. The molecule has 3 N–H and O–H groups in total. The second-order valence-electron chi connectivity index (χ2n) is 5.21. The Morgan fingerprint density at radius 2 is 2.38 bits per heavy atom. The predicted molar refractivity (Wildman–Crippen MR) is 90.9 cm³/mol. The molecule has 2 aromatic rings. The molecule has 1 unspecified atom stereocenters. The number of halogens is 1. The van der Waals surface area contributed by atoms with Gasteiger partial charge in [-0.05, 0) is 24.1 Å². The molecule has 0 bridgehead atoms. The second kappa shape index (κ2) is 6.60. The topological polar surface area (TPSA) is 50.9 Å². The van der Waals surface area contributed by atoms with Crippen LogP contribution in [0.4, 0.5) is 5.13 Å². The average Bonchev–Trinajstić information content (AvgIpc) is 2.73. The molecule has 1 aromatic carbocycles. The maximum Gasteiger partial charge on any atom is 0.180 e. The van der Waals surface area contributed by atoms with E-state index in [1.54, 1.807) is 11.3 Å². The van der Waals surface area contributed by atoms with Crippen LogP contribution in [0.5, 0.6) is 0 Å². The quantitative estimate of drug-likeness (QED) is 0.906. The lowest BCUT2D eigenvalue weighted by Crippen LogP contribution is -2.19. The van der Waals surface area contributed by atoms with Gasteiger partial charge in [0.05, 0.1) is 5.69 Å². The van der Waals surface area contributed by atoms with E-state index in [1.165, 1.54) is 10.6 Å². The number of nitrogens with two attached hydrogens (primary N) is 1. The largest absolute Gasteiger partial charge is 0.375 e. The number of hydrogen-bond acceptors (Lipinski definition) is 4. The van der Waals surface area contributed by atoms with E-state index in [1.807, 2.05) is 18.2 Å². The molecule has 0 saturated heterocycles. The number of thiazole rings is 1. The summed E-state index contributed by atoms with van der Waals surface area (Å²) in [7, 11) is 0. The molecule has 3 nitrogen and oxygen atoms in total. The Labute approximate surface area is 133 Å². The van der Waals surface area contributed by atoms with Crippen LogP contribution < -0.4 is 11.1 Å². The third-order valence-corrected chi connectivity index (χ3v) is 4.95. The van der Waals surface area contributed by atoms with Crippen molar-refractivity contribution >= 4 is 34.1 Å². The number of hydrogen-bond donors (Lipinski definition) is 2. The number of nitrogens with one attached hydrogen (secondary N) is 1. The maximum absolute atomic E-state index is 6.00. The van der Waals surface area contributed by atoms with Crippen LogP contribution in [0.25, 0.3) is 6.08 Å². The van der Waals surface area contributed by atoms with Crippen LogP contribution in [-0.2, 0) is 6.42 Å². The highest BCUT2D eigenvalue weighted by atomic mass is 35.5. The SMILES string of the molecule is Nc1nc2c(s1)C(CC=Cc1cccc(Cl)c1)CNCC2. The minimum atomic E-state index is 0.452. The highest BCUT2D eigenvalue weighted by Gasteiger charge is 2.21. The molecule has 5 heteroatoms. The zero-order valence-corrected chi connectivity index (χ0v) is 13.3. The van der Waals surface area contributed by atoms with Gasteiger partial charge in [-0.2, -0.15) is 0 Å². The Bertz CT molecular complexity index is 651. The van der Waals surface area contributed by atoms with Crippen molar-refractivity contribution in [2.75, 3.05) is 18.8 Å². The Kier molecular flexibility index (Phi) is 4.58. The number of aromatic nitrogens is 1. The van der Waals surface area contributed by atoms with E-state index in [-0.39, 0.29) is 0 Å². The van der Waals surface area contributed by atoms with Crippen molar-refractivity contribution in [1.82, 2.24) is 10.3 Å². The first-order chi connectivity index (χ1) is 10.2. The molecule has 0 radical (unpaired) electrons.